The quantitative estimate of drug-likeness (QED) is 0.897. The van der Waals surface area contributed by atoms with Crippen LogP contribution in [0.1, 0.15) is 50.6 Å². The van der Waals surface area contributed by atoms with E-state index < -0.39 is 0 Å². The molecule has 2 rings (SSSR count). The molecule has 0 spiro atoms. The highest BCUT2D eigenvalue weighted by Crippen LogP contribution is 2.23. The van der Waals surface area contributed by atoms with Crippen molar-refractivity contribution in [3.8, 4) is 0 Å². The fourth-order valence-electron chi connectivity index (χ4n) is 2.15. The molecule has 1 N–H and O–H groups in total. The van der Waals surface area contributed by atoms with E-state index in [1.165, 1.54) is 11.1 Å². The molecule has 0 radical (unpaired) electrons. The largest absolute Gasteiger partial charge is 0.305 e. The van der Waals surface area contributed by atoms with Crippen LogP contribution in [0.2, 0.25) is 0 Å². The van der Waals surface area contributed by atoms with Gasteiger partial charge in [-0.3, -0.25) is 4.98 Å². The van der Waals surface area contributed by atoms with Gasteiger partial charge in [0.1, 0.15) is 0 Å². The van der Waals surface area contributed by atoms with E-state index in [0.29, 0.717) is 6.04 Å². The molecule has 1 aromatic heterocycles. The van der Waals surface area contributed by atoms with Gasteiger partial charge in [-0.15, -0.1) is 0 Å². The molecule has 0 saturated carbocycles. The van der Waals surface area contributed by atoms with Crippen LogP contribution in [0, 0.1) is 0 Å². The molecule has 2 aromatic rings. The van der Waals surface area contributed by atoms with Crippen LogP contribution in [0.4, 0.5) is 0 Å². The third kappa shape index (κ3) is 3.91. The summed E-state index contributed by atoms with van der Waals surface area (Å²) in [5, 5.41) is 3.51. The first-order chi connectivity index (χ1) is 9.47. The highest BCUT2D eigenvalue weighted by molar-refractivity contribution is 5.29. The molecular weight excluding hydrogens is 244 g/mol. The van der Waals surface area contributed by atoms with Gasteiger partial charge in [-0.05, 0) is 35.6 Å². The number of benzene rings is 1. The summed E-state index contributed by atoms with van der Waals surface area (Å²) in [6.07, 6.45) is 1.83. The Balaban J connectivity index is 1.97. The van der Waals surface area contributed by atoms with Crippen LogP contribution in [-0.4, -0.2) is 4.98 Å². The average molecular weight is 268 g/mol. The first-order valence-corrected chi connectivity index (χ1v) is 7.20. The van der Waals surface area contributed by atoms with Gasteiger partial charge in [0.05, 0.1) is 5.69 Å². The second-order valence-corrected chi connectivity index (χ2v) is 6.30. The maximum atomic E-state index is 4.33. The summed E-state index contributed by atoms with van der Waals surface area (Å²) in [4.78, 5) is 4.33. The van der Waals surface area contributed by atoms with Crippen molar-refractivity contribution in [2.75, 3.05) is 0 Å². The number of rotatable bonds is 4. The van der Waals surface area contributed by atoms with E-state index >= 15 is 0 Å². The Morgan fingerprint density at radius 2 is 1.75 bits per heavy atom. The highest BCUT2D eigenvalue weighted by Gasteiger charge is 2.13. The van der Waals surface area contributed by atoms with E-state index in [9.17, 15) is 0 Å². The monoisotopic (exact) mass is 268 g/mol. The summed E-state index contributed by atoms with van der Waals surface area (Å²) >= 11 is 0. The standard InChI is InChI=1S/C18H24N2/c1-14(20-13-17-7-5-6-12-19-17)15-8-10-16(11-9-15)18(2,3)4/h5-12,14,20H,13H2,1-4H3. The fraction of sp³-hybridized carbons (Fsp3) is 0.389. The van der Waals surface area contributed by atoms with Gasteiger partial charge in [0.2, 0.25) is 0 Å². The van der Waals surface area contributed by atoms with Crippen molar-refractivity contribution in [3.63, 3.8) is 0 Å². The maximum absolute atomic E-state index is 4.33. The molecule has 106 valence electrons. The Kier molecular flexibility index (Phi) is 4.56. The molecule has 1 heterocycles. The molecule has 2 nitrogen and oxygen atoms in total. The molecule has 1 unspecified atom stereocenters. The maximum Gasteiger partial charge on any atom is 0.0541 e. The summed E-state index contributed by atoms with van der Waals surface area (Å²) in [5.74, 6) is 0. The topological polar surface area (TPSA) is 24.9 Å². The lowest BCUT2D eigenvalue weighted by Crippen LogP contribution is -2.19. The summed E-state index contributed by atoms with van der Waals surface area (Å²) < 4.78 is 0. The zero-order valence-electron chi connectivity index (χ0n) is 12.9. The lowest BCUT2D eigenvalue weighted by Gasteiger charge is -2.20. The van der Waals surface area contributed by atoms with Gasteiger partial charge in [0.25, 0.3) is 0 Å². The van der Waals surface area contributed by atoms with Gasteiger partial charge >= 0.3 is 0 Å². The van der Waals surface area contributed by atoms with E-state index in [1.54, 1.807) is 0 Å². The lowest BCUT2D eigenvalue weighted by atomic mass is 9.86. The Morgan fingerprint density at radius 3 is 2.30 bits per heavy atom. The van der Waals surface area contributed by atoms with Gasteiger partial charge in [-0.1, -0.05) is 51.1 Å². The van der Waals surface area contributed by atoms with E-state index in [-0.39, 0.29) is 5.41 Å². The van der Waals surface area contributed by atoms with Crippen molar-refractivity contribution in [1.29, 1.82) is 0 Å². The van der Waals surface area contributed by atoms with Crippen molar-refractivity contribution in [1.82, 2.24) is 10.3 Å². The Morgan fingerprint density at radius 1 is 1.05 bits per heavy atom. The van der Waals surface area contributed by atoms with Crippen LogP contribution in [0.25, 0.3) is 0 Å². The first kappa shape index (κ1) is 14.7. The van der Waals surface area contributed by atoms with E-state index in [2.05, 4.69) is 62.3 Å². The van der Waals surface area contributed by atoms with E-state index in [4.69, 9.17) is 0 Å². The van der Waals surface area contributed by atoms with Crippen LogP contribution in [-0.2, 0) is 12.0 Å². The summed E-state index contributed by atoms with van der Waals surface area (Å²) in [5.41, 5.74) is 3.97. The van der Waals surface area contributed by atoms with Crippen LogP contribution in [0.15, 0.2) is 48.7 Å². The van der Waals surface area contributed by atoms with Crippen molar-refractivity contribution in [3.05, 3.63) is 65.5 Å². The molecule has 0 fully saturated rings. The SMILES string of the molecule is CC(NCc1ccccn1)c1ccc(C(C)(C)C)cc1. The number of hydrogen-bond acceptors (Lipinski definition) is 2. The van der Waals surface area contributed by atoms with E-state index in [1.807, 2.05) is 24.4 Å². The molecule has 0 aliphatic rings. The zero-order chi connectivity index (χ0) is 14.6. The summed E-state index contributed by atoms with van der Waals surface area (Å²) in [6, 6.07) is 15.2. The summed E-state index contributed by atoms with van der Waals surface area (Å²) in [6.45, 7) is 9.71. The summed E-state index contributed by atoms with van der Waals surface area (Å²) in [7, 11) is 0. The molecule has 1 aromatic carbocycles. The van der Waals surface area contributed by atoms with Crippen LogP contribution < -0.4 is 5.32 Å². The van der Waals surface area contributed by atoms with Gasteiger partial charge < -0.3 is 5.32 Å². The molecule has 0 bridgehead atoms. The Bertz CT molecular complexity index is 524. The van der Waals surface area contributed by atoms with Crippen molar-refractivity contribution >= 4 is 0 Å². The van der Waals surface area contributed by atoms with Gasteiger partial charge in [-0.25, -0.2) is 0 Å². The number of hydrogen-bond donors (Lipinski definition) is 1. The zero-order valence-corrected chi connectivity index (χ0v) is 12.9. The minimum atomic E-state index is 0.211. The third-order valence-corrected chi connectivity index (χ3v) is 3.59. The normalized spacial score (nSPS) is 13.2. The van der Waals surface area contributed by atoms with Crippen molar-refractivity contribution in [2.24, 2.45) is 0 Å². The number of nitrogens with zero attached hydrogens (tertiary/aromatic N) is 1. The lowest BCUT2D eigenvalue weighted by molar-refractivity contribution is 0.564. The predicted octanol–water partition coefficient (Wildman–Crippen LogP) is 4.23. The van der Waals surface area contributed by atoms with Crippen LogP contribution in [0.3, 0.4) is 0 Å². The third-order valence-electron chi connectivity index (χ3n) is 3.59. The van der Waals surface area contributed by atoms with Gasteiger partial charge in [-0.2, -0.15) is 0 Å². The Labute approximate surface area is 122 Å². The Hall–Kier alpha value is -1.67. The second kappa shape index (κ2) is 6.19. The van der Waals surface area contributed by atoms with Crippen LogP contribution >= 0.6 is 0 Å². The van der Waals surface area contributed by atoms with Gasteiger partial charge in [0.15, 0.2) is 0 Å². The minimum Gasteiger partial charge on any atom is -0.305 e. The van der Waals surface area contributed by atoms with E-state index in [0.717, 1.165) is 12.2 Å². The number of nitrogens with one attached hydrogen (secondary N) is 1. The number of pyridine rings is 1. The van der Waals surface area contributed by atoms with Gasteiger partial charge in [0, 0.05) is 18.8 Å². The van der Waals surface area contributed by atoms with Crippen molar-refractivity contribution in [2.45, 2.75) is 45.7 Å². The molecule has 0 amide bonds. The molecule has 2 heteroatoms. The molecule has 1 atom stereocenters. The van der Waals surface area contributed by atoms with Crippen molar-refractivity contribution < 1.29 is 0 Å². The molecular formula is C18H24N2. The molecule has 0 aliphatic carbocycles. The fourth-order valence-corrected chi connectivity index (χ4v) is 2.15. The number of aromatic nitrogens is 1. The smallest absolute Gasteiger partial charge is 0.0541 e. The second-order valence-electron chi connectivity index (χ2n) is 6.30. The molecule has 20 heavy (non-hydrogen) atoms. The molecule has 0 aliphatic heterocycles. The first-order valence-electron chi connectivity index (χ1n) is 7.20. The highest BCUT2D eigenvalue weighted by atomic mass is 14.9. The van der Waals surface area contributed by atoms with Crippen LogP contribution in [0.5, 0.6) is 0 Å². The predicted molar refractivity (Wildman–Crippen MR) is 84.6 cm³/mol. The average Bonchev–Trinajstić information content (AvgIpc) is 2.45. The minimum absolute atomic E-state index is 0.211. The molecule has 0 saturated heterocycles.